The number of ether oxygens (including phenoxy) is 3. The van der Waals surface area contributed by atoms with Crippen molar-refractivity contribution in [1.29, 1.82) is 0 Å². The summed E-state index contributed by atoms with van der Waals surface area (Å²) in [6.07, 6.45) is 9.27. The van der Waals surface area contributed by atoms with E-state index in [2.05, 4.69) is 55.3 Å². The monoisotopic (exact) mass is 704 g/mol. The van der Waals surface area contributed by atoms with Crippen LogP contribution >= 0.6 is 0 Å². The zero-order valence-electron chi connectivity index (χ0n) is 28.4. The highest BCUT2D eigenvalue weighted by Gasteiger charge is 2.39. The van der Waals surface area contributed by atoms with Crippen molar-refractivity contribution in [3.05, 3.63) is 108 Å². The molecule has 3 amide bonds. The standard InChI is InChI=1S/C41H32N6O6/c48-38-11-10-37(40(49)46-38)47-23-26-16-28(7-9-32(26)41(47)50)51-15-1-2-27-5-6-29(21-43-27)52-30-18-31(19-30)53-39-12-4-25(20-44-39)24-3-8-33-34-22-42-14-13-35(34)45-36(33)17-24/h3-9,12-14,16-17,20-22,30-31,37,45H,10-11,15,18-19,23H2,(H,46,48,49). The summed E-state index contributed by atoms with van der Waals surface area (Å²) >= 11 is 0. The maximum atomic E-state index is 12.9. The Kier molecular flexibility index (Phi) is 8.15. The van der Waals surface area contributed by atoms with Crippen LogP contribution in [0.25, 0.3) is 32.9 Å². The molecule has 3 aliphatic rings. The summed E-state index contributed by atoms with van der Waals surface area (Å²) in [6, 6.07) is 20.5. The molecule has 4 aromatic heterocycles. The summed E-state index contributed by atoms with van der Waals surface area (Å²) in [5, 5.41) is 4.57. The van der Waals surface area contributed by atoms with Crippen LogP contribution in [-0.2, 0) is 16.1 Å². The number of imide groups is 1. The smallest absolute Gasteiger partial charge is 0.255 e. The summed E-state index contributed by atoms with van der Waals surface area (Å²) in [5.74, 6) is 6.82. The molecule has 12 nitrogen and oxygen atoms in total. The normalized spacial score (nSPS) is 19.3. The third kappa shape index (κ3) is 6.49. The van der Waals surface area contributed by atoms with E-state index in [0.717, 1.165) is 51.3 Å². The van der Waals surface area contributed by atoms with Crippen LogP contribution < -0.4 is 19.5 Å². The summed E-state index contributed by atoms with van der Waals surface area (Å²) in [4.78, 5) is 54.9. The van der Waals surface area contributed by atoms with Gasteiger partial charge >= 0.3 is 0 Å². The number of hydrogen-bond acceptors (Lipinski definition) is 9. The van der Waals surface area contributed by atoms with Crippen LogP contribution in [0.5, 0.6) is 17.4 Å². The Morgan fingerprint density at radius 2 is 1.68 bits per heavy atom. The van der Waals surface area contributed by atoms with Crippen molar-refractivity contribution in [3.63, 3.8) is 0 Å². The maximum Gasteiger partial charge on any atom is 0.255 e. The minimum absolute atomic E-state index is 0.0307. The zero-order valence-corrected chi connectivity index (χ0v) is 28.4. The van der Waals surface area contributed by atoms with E-state index in [0.29, 0.717) is 35.1 Å². The highest BCUT2D eigenvalue weighted by atomic mass is 16.5. The predicted molar refractivity (Wildman–Crippen MR) is 194 cm³/mol. The lowest BCUT2D eigenvalue weighted by molar-refractivity contribution is -0.136. The summed E-state index contributed by atoms with van der Waals surface area (Å²) in [6.45, 7) is 0.412. The Bertz CT molecular complexity index is 2460. The number of amides is 3. The highest BCUT2D eigenvalue weighted by Crippen LogP contribution is 2.33. The van der Waals surface area contributed by atoms with E-state index in [9.17, 15) is 14.4 Å². The Balaban J connectivity index is 0.724. The molecule has 12 heteroatoms. The first kappa shape index (κ1) is 32.2. The van der Waals surface area contributed by atoms with E-state index < -0.39 is 11.9 Å². The lowest BCUT2D eigenvalue weighted by Gasteiger charge is -2.34. The van der Waals surface area contributed by atoms with E-state index in [1.54, 1.807) is 36.7 Å². The molecule has 1 aliphatic carbocycles. The van der Waals surface area contributed by atoms with Crippen molar-refractivity contribution in [2.75, 3.05) is 6.61 Å². The molecule has 1 saturated carbocycles. The second-order valence-corrected chi connectivity index (χ2v) is 13.3. The summed E-state index contributed by atoms with van der Waals surface area (Å²) in [5.41, 5.74) is 6.10. The van der Waals surface area contributed by atoms with Crippen molar-refractivity contribution < 1.29 is 28.6 Å². The quantitative estimate of drug-likeness (QED) is 0.158. The van der Waals surface area contributed by atoms with Crippen molar-refractivity contribution >= 4 is 39.5 Å². The minimum Gasteiger partial charge on any atom is -0.489 e. The van der Waals surface area contributed by atoms with E-state index in [1.165, 1.54) is 4.90 Å². The van der Waals surface area contributed by atoms with Crippen LogP contribution in [0.15, 0.2) is 91.5 Å². The molecule has 2 N–H and O–H groups in total. The number of piperidine rings is 1. The number of aromatic nitrogens is 4. The van der Waals surface area contributed by atoms with E-state index in [-0.39, 0.29) is 43.6 Å². The number of H-pyrrole nitrogens is 1. The molecule has 0 radical (unpaired) electrons. The van der Waals surface area contributed by atoms with Gasteiger partial charge in [0.2, 0.25) is 17.7 Å². The third-order valence-electron chi connectivity index (χ3n) is 9.87. The van der Waals surface area contributed by atoms with Crippen LogP contribution in [0.4, 0.5) is 0 Å². The van der Waals surface area contributed by atoms with Gasteiger partial charge < -0.3 is 24.1 Å². The van der Waals surface area contributed by atoms with Crippen molar-refractivity contribution in [2.24, 2.45) is 0 Å². The SMILES string of the molecule is O=C1CCC(N2Cc3cc(OCC#Cc4ccc(OC5CC(Oc6ccc(-c7ccc8c(c7)[nH]c7ccncc78)cn6)C5)cn4)ccc3C2=O)C(=O)N1. The molecule has 6 heterocycles. The van der Waals surface area contributed by atoms with Gasteiger partial charge in [0.25, 0.3) is 5.91 Å². The van der Waals surface area contributed by atoms with Gasteiger partial charge in [0.15, 0.2) is 0 Å². The fraction of sp³-hybridized carbons (Fsp3) is 0.220. The molecule has 2 fully saturated rings. The Hall–Kier alpha value is -6.74. The number of nitrogens with one attached hydrogen (secondary N) is 2. The number of hydrogen-bond donors (Lipinski definition) is 2. The van der Waals surface area contributed by atoms with Crippen LogP contribution in [0.2, 0.25) is 0 Å². The molecule has 9 rings (SSSR count). The Morgan fingerprint density at radius 1 is 0.811 bits per heavy atom. The molecule has 2 aromatic carbocycles. The Morgan fingerprint density at radius 3 is 2.51 bits per heavy atom. The molecule has 0 bridgehead atoms. The molecular weight excluding hydrogens is 672 g/mol. The van der Waals surface area contributed by atoms with Crippen molar-refractivity contribution in [2.45, 2.75) is 50.5 Å². The van der Waals surface area contributed by atoms with E-state index in [4.69, 9.17) is 14.2 Å². The first-order chi connectivity index (χ1) is 25.9. The molecule has 0 spiro atoms. The molecule has 1 atom stereocenters. The number of pyridine rings is 3. The fourth-order valence-electron chi connectivity index (χ4n) is 7.03. The van der Waals surface area contributed by atoms with Crippen molar-refractivity contribution in [1.82, 2.24) is 30.2 Å². The molecular formula is C41H32N6O6. The van der Waals surface area contributed by atoms with E-state index >= 15 is 0 Å². The average molecular weight is 705 g/mol. The van der Waals surface area contributed by atoms with E-state index in [1.807, 2.05) is 36.7 Å². The molecule has 1 saturated heterocycles. The topological polar surface area (TPSA) is 149 Å². The van der Waals surface area contributed by atoms with Gasteiger partial charge in [-0.25, -0.2) is 9.97 Å². The highest BCUT2D eigenvalue weighted by molar-refractivity contribution is 6.08. The Labute approximate surface area is 303 Å². The second kappa shape index (κ2) is 13.4. The largest absolute Gasteiger partial charge is 0.489 e. The number of nitrogens with zero attached hydrogens (tertiary/aromatic N) is 4. The number of carbonyl (C=O) groups is 3. The number of carbonyl (C=O) groups excluding carboxylic acids is 3. The molecule has 6 aromatic rings. The average Bonchev–Trinajstić information content (AvgIpc) is 3.69. The maximum absolute atomic E-state index is 12.9. The lowest BCUT2D eigenvalue weighted by Crippen LogP contribution is -2.52. The first-order valence-corrected chi connectivity index (χ1v) is 17.4. The van der Waals surface area contributed by atoms with Crippen LogP contribution in [0.1, 0.15) is 47.3 Å². The van der Waals surface area contributed by atoms with Crippen molar-refractivity contribution in [3.8, 4) is 40.3 Å². The molecule has 53 heavy (non-hydrogen) atoms. The lowest BCUT2D eigenvalue weighted by atomic mass is 9.92. The van der Waals surface area contributed by atoms with Crippen LogP contribution in [0, 0.1) is 11.8 Å². The van der Waals surface area contributed by atoms with Gasteiger partial charge in [-0.15, -0.1) is 0 Å². The van der Waals surface area contributed by atoms with Gasteiger partial charge in [-0.05, 0) is 72.0 Å². The van der Waals surface area contributed by atoms with Gasteiger partial charge in [0, 0.05) is 83.4 Å². The van der Waals surface area contributed by atoms with Gasteiger partial charge in [0.1, 0.15) is 42.0 Å². The fourth-order valence-corrected chi connectivity index (χ4v) is 7.03. The zero-order chi connectivity index (χ0) is 35.9. The van der Waals surface area contributed by atoms with Gasteiger partial charge in [-0.1, -0.05) is 18.1 Å². The third-order valence-corrected chi connectivity index (χ3v) is 9.87. The van der Waals surface area contributed by atoms with Crippen LogP contribution in [0.3, 0.4) is 0 Å². The number of rotatable bonds is 8. The second-order valence-electron chi connectivity index (χ2n) is 13.3. The van der Waals surface area contributed by atoms with Crippen LogP contribution in [-0.4, -0.2) is 67.4 Å². The number of benzene rings is 2. The number of aromatic amines is 1. The number of fused-ring (bicyclic) bond motifs is 4. The molecule has 262 valence electrons. The first-order valence-electron chi connectivity index (χ1n) is 17.4. The summed E-state index contributed by atoms with van der Waals surface area (Å²) in [7, 11) is 0. The molecule has 2 aliphatic heterocycles. The summed E-state index contributed by atoms with van der Waals surface area (Å²) < 4.78 is 18.0. The minimum atomic E-state index is -0.655. The predicted octanol–water partition coefficient (Wildman–Crippen LogP) is 5.35. The van der Waals surface area contributed by atoms with Gasteiger partial charge in [0.05, 0.1) is 6.20 Å². The van der Waals surface area contributed by atoms with Gasteiger partial charge in [-0.3, -0.25) is 24.7 Å². The van der Waals surface area contributed by atoms with Gasteiger partial charge in [-0.2, -0.15) is 0 Å². The molecule has 1 unspecified atom stereocenters.